The Bertz CT molecular complexity index is 178. The van der Waals surface area contributed by atoms with Crippen molar-refractivity contribution in [2.45, 2.75) is 46.8 Å². The third-order valence-corrected chi connectivity index (χ3v) is 3.03. The Kier molecular flexibility index (Phi) is 4.49. The fraction of sp³-hybridized carbons (Fsp3) is 0.900. The summed E-state index contributed by atoms with van der Waals surface area (Å²) in [4.78, 5) is 0. The molecule has 1 N–H and O–H groups in total. The van der Waals surface area contributed by atoms with Gasteiger partial charge in [0.25, 0.3) is 0 Å². The molecule has 1 fully saturated rings. The summed E-state index contributed by atoms with van der Waals surface area (Å²) in [7, 11) is 0. The first-order chi connectivity index (χ1) is 5.28. The summed E-state index contributed by atoms with van der Waals surface area (Å²) < 4.78 is 5.49. The van der Waals surface area contributed by atoms with Crippen molar-refractivity contribution in [3.8, 4) is 0 Å². The van der Waals surface area contributed by atoms with E-state index in [9.17, 15) is 5.11 Å². The van der Waals surface area contributed by atoms with E-state index in [1.807, 2.05) is 34.6 Å². The molecule has 1 rings (SSSR count). The average Bonchev–Trinajstić information content (AvgIpc) is 1.96. The van der Waals surface area contributed by atoms with Gasteiger partial charge in [-0.2, -0.15) is 0 Å². The SMILES string of the molecule is CC1O[CH-]C(C)(C)[C@H](O)C1(C)C.[Na+]. The van der Waals surface area contributed by atoms with E-state index < -0.39 is 0 Å². The summed E-state index contributed by atoms with van der Waals surface area (Å²) in [5, 5.41) is 10.0. The number of hydrogen-bond donors (Lipinski definition) is 1. The number of aliphatic hydroxyl groups is 1. The van der Waals surface area contributed by atoms with Gasteiger partial charge in [-0.15, -0.1) is 5.41 Å². The van der Waals surface area contributed by atoms with Gasteiger partial charge in [-0.25, -0.2) is 6.61 Å². The van der Waals surface area contributed by atoms with Crippen LogP contribution in [0.15, 0.2) is 0 Å². The van der Waals surface area contributed by atoms with Crippen LogP contribution in [0, 0.1) is 17.4 Å². The second-order valence-corrected chi connectivity index (χ2v) is 4.94. The van der Waals surface area contributed by atoms with Gasteiger partial charge in [0.1, 0.15) is 0 Å². The summed E-state index contributed by atoms with van der Waals surface area (Å²) in [5.41, 5.74) is -0.408. The second-order valence-electron chi connectivity index (χ2n) is 4.94. The van der Waals surface area contributed by atoms with Crippen molar-refractivity contribution >= 4 is 0 Å². The predicted octanol–water partition coefficient (Wildman–Crippen LogP) is -1.02. The molecule has 0 bridgehead atoms. The normalized spacial score (nSPS) is 36.5. The summed E-state index contributed by atoms with van der Waals surface area (Å²) in [6, 6.07) is 0. The van der Waals surface area contributed by atoms with Crippen LogP contribution in [-0.2, 0) is 4.74 Å². The molecule has 1 saturated heterocycles. The number of aliphatic hydroxyl groups excluding tert-OH is 1. The van der Waals surface area contributed by atoms with Gasteiger partial charge in [0.05, 0.1) is 0 Å². The van der Waals surface area contributed by atoms with E-state index in [1.165, 1.54) is 0 Å². The summed E-state index contributed by atoms with van der Waals surface area (Å²) >= 11 is 0. The molecule has 0 aromatic rings. The zero-order valence-electron chi connectivity index (χ0n) is 9.59. The van der Waals surface area contributed by atoms with Crippen LogP contribution < -0.4 is 29.6 Å². The minimum absolute atomic E-state index is 0. The van der Waals surface area contributed by atoms with Crippen molar-refractivity contribution in [2.24, 2.45) is 10.8 Å². The molecule has 2 nitrogen and oxygen atoms in total. The van der Waals surface area contributed by atoms with Crippen LogP contribution in [0.4, 0.5) is 0 Å². The van der Waals surface area contributed by atoms with E-state index >= 15 is 0 Å². The van der Waals surface area contributed by atoms with Crippen molar-refractivity contribution in [1.82, 2.24) is 0 Å². The van der Waals surface area contributed by atoms with Crippen molar-refractivity contribution in [2.75, 3.05) is 0 Å². The van der Waals surface area contributed by atoms with Gasteiger partial charge in [0.15, 0.2) is 0 Å². The van der Waals surface area contributed by atoms with Crippen molar-refractivity contribution in [3.63, 3.8) is 0 Å². The molecule has 0 spiro atoms. The monoisotopic (exact) mass is 194 g/mol. The van der Waals surface area contributed by atoms with E-state index in [0.717, 1.165) is 0 Å². The third kappa shape index (κ3) is 2.48. The first-order valence-electron chi connectivity index (χ1n) is 4.46. The smallest absolute Gasteiger partial charge is 0.549 e. The average molecular weight is 194 g/mol. The maximum Gasteiger partial charge on any atom is 1.00 e. The van der Waals surface area contributed by atoms with Gasteiger partial charge in [-0.05, 0) is 6.92 Å². The summed E-state index contributed by atoms with van der Waals surface area (Å²) in [6.07, 6.45) is -0.255. The van der Waals surface area contributed by atoms with Crippen LogP contribution in [0.3, 0.4) is 0 Å². The quantitative estimate of drug-likeness (QED) is 0.395. The molecule has 1 aliphatic heterocycles. The van der Waals surface area contributed by atoms with Gasteiger partial charge in [-0.1, -0.05) is 27.7 Å². The zero-order valence-corrected chi connectivity index (χ0v) is 11.6. The van der Waals surface area contributed by atoms with Crippen molar-refractivity contribution in [3.05, 3.63) is 6.61 Å². The number of hydrogen-bond acceptors (Lipinski definition) is 2. The van der Waals surface area contributed by atoms with Gasteiger partial charge in [0.2, 0.25) is 0 Å². The zero-order chi connectivity index (χ0) is 9.57. The molecule has 0 aromatic heterocycles. The Hall–Kier alpha value is 0.920. The van der Waals surface area contributed by atoms with Crippen LogP contribution in [0.5, 0.6) is 0 Å². The molecule has 0 amide bonds. The molecule has 13 heavy (non-hydrogen) atoms. The molecular formula is C10H19NaO2. The Morgan fingerprint density at radius 1 is 1.23 bits per heavy atom. The van der Waals surface area contributed by atoms with E-state index in [1.54, 1.807) is 6.61 Å². The summed E-state index contributed by atoms with van der Waals surface area (Å²) in [6.45, 7) is 11.8. The van der Waals surface area contributed by atoms with Crippen molar-refractivity contribution in [1.29, 1.82) is 0 Å². The molecule has 72 valence electrons. The third-order valence-electron chi connectivity index (χ3n) is 3.03. The molecule has 1 aliphatic rings. The molecule has 1 unspecified atom stereocenters. The summed E-state index contributed by atoms with van der Waals surface area (Å²) in [5.74, 6) is 0. The van der Waals surface area contributed by atoms with Crippen LogP contribution in [0.25, 0.3) is 0 Å². The minimum atomic E-state index is -0.339. The number of rotatable bonds is 0. The largest absolute Gasteiger partial charge is 1.00 e. The van der Waals surface area contributed by atoms with E-state index in [0.29, 0.717) is 0 Å². The minimum Gasteiger partial charge on any atom is -0.549 e. The molecule has 0 aromatic carbocycles. The first kappa shape index (κ1) is 13.9. The number of ether oxygens (including phenoxy) is 1. The maximum atomic E-state index is 10.0. The van der Waals surface area contributed by atoms with Crippen LogP contribution >= 0.6 is 0 Å². The molecule has 1 heterocycles. The van der Waals surface area contributed by atoms with E-state index in [4.69, 9.17) is 4.74 Å². The first-order valence-corrected chi connectivity index (χ1v) is 4.46. The fourth-order valence-electron chi connectivity index (χ4n) is 1.70. The van der Waals surface area contributed by atoms with Crippen LogP contribution in [0.1, 0.15) is 34.6 Å². The predicted molar refractivity (Wildman–Crippen MR) is 48.4 cm³/mol. The van der Waals surface area contributed by atoms with Gasteiger partial charge in [0, 0.05) is 17.6 Å². The van der Waals surface area contributed by atoms with Crippen LogP contribution in [-0.4, -0.2) is 17.3 Å². The van der Waals surface area contributed by atoms with E-state index in [-0.39, 0.29) is 52.6 Å². The Labute approximate surface area is 103 Å². The van der Waals surface area contributed by atoms with Gasteiger partial charge < -0.3 is 9.84 Å². The Morgan fingerprint density at radius 3 is 2.08 bits per heavy atom. The van der Waals surface area contributed by atoms with Gasteiger partial charge in [-0.3, -0.25) is 0 Å². The fourth-order valence-corrected chi connectivity index (χ4v) is 1.70. The molecule has 0 saturated carbocycles. The molecule has 3 heteroatoms. The molecule has 2 atom stereocenters. The topological polar surface area (TPSA) is 29.5 Å². The standard InChI is InChI=1S/C10H19O2.Na/c1-7-10(4,5)8(11)9(2,3)6-12-7;/h6-8,11H,1-5H3;/q-1;+1/t7?,8-;/m0./s1. The second kappa shape index (κ2) is 4.19. The molecular weight excluding hydrogens is 175 g/mol. The van der Waals surface area contributed by atoms with Crippen LogP contribution in [0.2, 0.25) is 0 Å². The molecule has 0 radical (unpaired) electrons. The molecule has 0 aliphatic carbocycles. The van der Waals surface area contributed by atoms with Crippen molar-refractivity contribution < 1.29 is 39.4 Å². The maximum absolute atomic E-state index is 10.0. The van der Waals surface area contributed by atoms with Gasteiger partial charge >= 0.3 is 29.6 Å². The van der Waals surface area contributed by atoms with E-state index in [2.05, 4.69) is 0 Å². The Balaban J connectivity index is 0.00000144. The Morgan fingerprint density at radius 2 is 1.69 bits per heavy atom.